The van der Waals surface area contributed by atoms with Gasteiger partial charge in [-0.2, -0.15) is 10.4 Å². The summed E-state index contributed by atoms with van der Waals surface area (Å²) in [5.41, 5.74) is 1.54. The Morgan fingerprint density at radius 1 is 1.07 bits per heavy atom. The largest absolute Gasteiger partial charge is 0.490 e. The summed E-state index contributed by atoms with van der Waals surface area (Å²) in [6, 6.07) is 15.3. The van der Waals surface area contributed by atoms with E-state index >= 15 is 0 Å². The highest BCUT2D eigenvalue weighted by molar-refractivity contribution is 5.95. The first-order valence-corrected chi connectivity index (χ1v) is 13.4. The number of aromatic amines is 1. The fourth-order valence-corrected chi connectivity index (χ4v) is 5.10. The number of carbonyl (C=O) groups excluding carboxylic acids is 1. The highest BCUT2D eigenvalue weighted by Crippen LogP contribution is 2.28. The molecule has 2 fully saturated rings. The summed E-state index contributed by atoms with van der Waals surface area (Å²) in [5, 5.41) is 17.1. The first kappa shape index (κ1) is 25.5. The number of pyridine rings is 1. The molecule has 0 atom stereocenters. The number of hydrogen-bond acceptors (Lipinski definition) is 7. The Morgan fingerprint density at radius 3 is 2.65 bits per heavy atom. The molecule has 1 N–H and O–H groups in total. The molecule has 1 amide bonds. The van der Waals surface area contributed by atoms with E-state index in [9.17, 15) is 14.0 Å². The van der Waals surface area contributed by atoms with Gasteiger partial charge in [0, 0.05) is 44.2 Å². The number of aromatic nitrogens is 3. The third-order valence-electron chi connectivity index (χ3n) is 7.59. The summed E-state index contributed by atoms with van der Waals surface area (Å²) in [5.74, 6) is 0.402. The van der Waals surface area contributed by atoms with Crippen molar-refractivity contribution in [3.63, 3.8) is 0 Å². The lowest BCUT2D eigenvalue weighted by Gasteiger charge is -2.35. The molecule has 4 aromatic rings. The molecular formula is C30H27FN6O3. The Kier molecular flexibility index (Phi) is 6.86. The van der Waals surface area contributed by atoms with Gasteiger partial charge in [-0.3, -0.25) is 9.59 Å². The van der Waals surface area contributed by atoms with Gasteiger partial charge in [-0.25, -0.2) is 14.5 Å². The molecule has 0 radical (unpaired) electrons. The zero-order valence-electron chi connectivity index (χ0n) is 21.8. The van der Waals surface area contributed by atoms with Gasteiger partial charge < -0.3 is 14.5 Å². The van der Waals surface area contributed by atoms with Crippen LogP contribution in [0.5, 0.6) is 5.75 Å². The lowest BCUT2D eigenvalue weighted by atomic mass is 9.96. The molecule has 6 rings (SSSR count). The number of H-pyrrole nitrogens is 1. The van der Waals surface area contributed by atoms with E-state index < -0.39 is 5.82 Å². The van der Waals surface area contributed by atoms with Crippen LogP contribution in [0.4, 0.5) is 10.2 Å². The topological polar surface area (TPSA) is 115 Å². The van der Waals surface area contributed by atoms with Gasteiger partial charge in [-0.15, -0.1) is 0 Å². The van der Waals surface area contributed by atoms with Crippen molar-refractivity contribution in [2.45, 2.75) is 31.8 Å². The second-order valence-corrected chi connectivity index (χ2v) is 10.2. The molecule has 202 valence electrons. The molecule has 2 aromatic carbocycles. The summed E-state index contributed by atoms with van der Waals surface area (Å²) in [6.45, 7) is 1.84. The van der Waals surface area contributed by atoms with Crippen molar-refractivity contribution in [1.29, 1.82) is 5.26 Å². The van der Waals surface area contributed by atoms with Crippen LogP contribution >= 0.6 is 0 Å². The molecule has 0 bridgehead atoms. The number of rotatable bonds is 6. The first-order valence-electron chi connectivity index (χ1n) is 13.4. The highest BCUT2D eigenvalue weighted by atomic mass is 19.1. The van der Waals surface area contributed by atoms with Gasteiger partial charge in [0.1, 0.15) is 17.4 Å². The molecule has 9 nitrogen and oxygen atoms in total. The summed E-state index contributed by atoms with van der Waals surface area (Å²) < 4.78 is 20.9. The van der Waals surface area contributed by atoms with E-state index in [4.69, 9.17) is 10.00 Å². The van der Waals surface area contributed by atoms with Gasteiger partial charge in [0.15, 0.2) is 0 Å². The van der Waals surface area contributed by atoms with Crippen LogP contribution in [-0.2, 0) is 6.42 Å². The Labute approximate surface area is 229 Å². The average molecular weight is 539 g/mol. The number of nitriles is 1. The van der Waals surface area contributed by atoms with Gasteiger partial charge in [0.2, 0.25) is 0 Å². The normalized spacial score (nSPS) is 15.5. The summed E-state index contributed by atoms with van der Waals surface area (Å²) in [6.07, 6.45) is 5.28. The van der Waals surface area contributed by atoms with Crippen LogP contribution in [0.1, 0.15) is 46.4 Å². The van der Waals surface area contributed by atoms with Gasteiger partial charge in [-0.05, 0) is 67.3 Å². The maximum atomic E-state index is 14.9. The molecule has 1 aliphatic heterocycles. The van der Waals surface area contributed by atoms with Crippen LogP contribution < -0.4 is 15.2 Å². The number of anilines is 1. The SMILES string of the molecule is N#Cc1ccnc(N2CCN(C(=O)c3cc(Cc4n[nH]c(=O)c5ccc(OC6CCC6)cc45)ccc3F)CC2)c1. The van der Waals surface area contributed by atoms with Gasteiger partial charge >= 0.3 is 0 Å². The maximum absolute atomic E-state index is 14.9. The van der Waals surface area contributed by atoms with E-state index in [-0.39, 0.29) is 23.1 Å². The van der Waals surface area contributed by atoms with E-state index in [1.54, 1.807) is 47.5 Å². The average Bonchev–Trinajstić information content (AvgIpc) is 2.97. The maximum Gasteiger partial charge on any atom is 0.272 e. The van der Waals surface area contributed by atoms with Gasteiger partial charge in [-0.1, -0.05) is 6.07 Å². The monoisotopic (exact) mass is 538 g/mol. The third kappa shape index (κ3) is 5.10. The highest BCUT2D eigenvalue weighted by Gasteiger charge is 2.25. The van der Waals surface area contributed by atoms with Gasteiger partial charge in [0.25, 0.3) is 11.5 Å². The number of ether oxygens (including phenoxy) is 1. The Hall–Kier alpha value is -4.78. The zero-order valence-corrected chi connectivity index (χ0v) is 21.8. The molecule has 10 heteroatoms. The van der Waals surface area contributed by atoms with E-state index in [0.717, 1.165) is 19.3 Å². The summed E-state index contributed by atoms with van der Waals surface area (Å²) >= 11 is 0. The number of hydrogen-bond donors (Lipinski definition) is 1. The second-order valence-electron chi connectivity index (χ2n) is 10.2. The van der Waals surface area contributed by atoms with Crippen LogP contribution in [0.25, 0.3) is 10.8 Å². The van der Waals surface area contributed by atoms with E-state index in [1.807, 2.05) is 11.0 Å². The third-order valence-corrected chi connectivity index (χ3v) is 7.59. The van der Waals surface area contributed by atoms with Crippen LogP contribution in [0, 0.1) is 17.1 Å². The number of nitrogens with one attached hydrogen (secondary N) is 1. The number of carbonyl (C=O) groups is 1. The molecule has 1 saturated heterocycles. The van der Waals surface area contributed by atoms with Crippen molar-refractivity contribution in [3.8, 4) is 11.8 Å². The molecular weight excluding hydrogens is 511 g/mol. The lowest BCUT2D eigenvalue weighted by molar-refractivity contribution is 0.0741. The molecule has 40 heavy (non-hydrogen) atoms. The number of piperazine rings is 1. The van der Waals surface area contributed by atoms with Crippen LogP contribution in [0.3, 0.4) is 0 Å². The number of halogens is 1. The van der Waals surface area contributed by atoms with E-state index in [1.165, 1.54) is 6.07 Å². The molecule has 1 aliphatic carbocycles. The van der Waals surface area contributed by atoms with Gasteiger partial charge in [0.05, 0.1) is 34.4 Å². The Morgan fingerprint density at radius 2 is 1.90 bits per heavy atom. The molecule has 2 aliphatic rings. The van der Waals surface area contributed by atoms with Crippen molar-refractivity contribution < 1.29 is 13.9 Å². The van der Waals surface area contributed by atoms with Crippen molar-refractivity contribution in [2.24, 2.45) is 0 Å². The lowest BCUT2D eigenvalue weighted by Crippen LogP contribution is -2.49. The Balaban J connectivity index is 1.20. The van der Waals surface area contributed by atoms with Crippen LogP contribution in [0.2, 0.25) is 0 Å². The fourth-order valence-electron chi connectivity index (χ4n) is 5.10. The molecule has 0 spiro atoms. The first-order chi connectivity index (χ1) is 19.5. The number of benzene rings is 2. The van der Waals surface area contributed by atoms with Crippen molar-refractivity contribution in [1.82, 2.24) is 20.1 Å². The van der Waals surface area contributed by atoms with Crippen LogP contribution in [0.15, 0.2) is 59.5 Å². The number of fused-ring (bicyclic) bond motifs is 1. The smallest absolute Gasteiger partial charge is 0.272 e. The fraction of sp³-hybridized carbons (Fsp3) is 0.300. The molecule has 0 unspecified atom stereocenters. The molecule has 2 aromatic heterocycles. The number of amides is 1. The summed E-state index contributed by atoms with van der Waals surface area (Å²) in [4.78, 5) is 33.7. The molecule has 3 heterocycles. The number of nitrogens with zero attached hydrogens (tertiary/aromatic N) is 5. The van der Waals surface area contributed by atoms with Crippen molar-refractivity contribution in [3.05, 3.63) is 93.3 Å². The van der Waals surface area contributed by atoms with E-state index in [0.29, 0.717) is 71.8 Å². The van der Waals surface area contributed by atoms with E-state index in [2.05, 4.69) is 21.3 Å². The zero-order chi connectivity index (χ0) is 27.6. The quantitative estimate of drug-likeness (QED) is 0.397. The van der Waals surface area contributed by atoms with Crippen molar-refractivity contribution in [2.75, 3.05) is 31.1 Å². The standard InChI is InChI=1S/C30H27FN6O3/c31-26-7-4-19(15-27-24-17-22(40-21-2-1-3-21)5-6-23(24)29(38)35-34-27)14-25(26)30(39)37-12-10-36(11-13-37)28-16-20(18-32)8-9-33-28/h4-9,14,16-17,21H,1-3,10-13,15H2,(H,35,38). The Bertz CT molecular complexity index is 1690. The second kappa shape index (κ2) is 10.8. The predicted octanol–water partition coefficient (Wildman–Crippen LogP) is 3.81. The van der Waals surface area contributed by atoms with Crippen molar-refractivity contribution >= 4 is 22.5 Å². The minimum absolute atomic E-state index is 0.00158. The minimum Gasteiger partial charge on any atom is -0.490 e. The summed E-state index contributed by atoms with van der Waals surface area (Å²) in [7, 11) is 0. The minimum atomic E-state index is -0.588. The predicted molar refractivity (Wildman–Crippen MR) is 147 cm³/mol. The molecule has 1 saturated carbocycles. The van der Waals surface area contributed by atoms with Crippen LogP contribution in [-0.4, -0.2) is 58.3 Å².